The van der Waals surface area contributed by atoms with Crippen molar-refractivity contribution in [1.29, 1.82) is 0 Å². The topological polar surface area (TPSA) is 34.3 Å². The van der Waals surface area contributed by atoms with Crippen LogP contribution in [0.15, 0.2) is 36.4 Å². The van der Waals surface area contributed by atoms with Gasteiger partial charge in [0, 0.05) is 24.0 Å². The highest BCUT2D eigenvalue weighted by Crippen LogP contribution is 2.35. The Hall–Kier alpha value is -1.84. The van der Waals surface area contributed by atoms with Gasteiger partial charge in [-0.15, -0.1) is 0 Å². The molecule has 2 aromatic carbocycles. The average molecular weight is 310 g/mol. The van der Waals surface area contributed by atoms with Gasteiger partial charge in [-0.1, -0.05) is 24.3 Å². The molecule has 2 saturated heterocycles. The maximum atomic E-state index is 6.35. The van der Waals surface area contributed by atoms with Gasteiger partial charge in [0.1, 0.15) is 11.5 Å². The van der Waals surface area contributed by atoms with Crippen LogP contribution in [0.1, 0.15) is 22.3 Å². The Bertz CT molecular complexity index is 653. The minimum absolute atomic E-state index is 0.357. The molecule has 3 nitrogen and oxygen atoms in total. The van der Waals surface area contributed by atoms with Gasteiger partial charge in [0.15, 0.2) is 0 Å². The van der Waals surface area contributed by atoms with E-state index in [1.165, 1.54) is 22.3 Å². The second kappa shape index (κ2) is 5.99. The highest BCUT2D eigenvalue weighted by molar-refractivity contribution is 5.47. The van der Waals surface area contributed by atoms with Crippen molar-refractivity contribution in [2.75, 3.05) is 13.2 Å². The van der Waals surface area contributed by atoms with Gasteiger partial charge in [-0.25, -0.2) is 0 Å². The molecule has 0 spiro atoms. The normalized spacial score (nSPS) is 22.0. The number of hydrogen-bond donors (Lipinski definition) is 0. The monoisotopic (exact) mass is 310 g/mol. The highest BCUT2D eigenvalue weighted by atomic mass is 16.6. The maximum Gasteiger partial charge on any atom is 0.130 e. The molecule has 0 aromatic heterocycles. The second-order valence-electron chi connectivity index (χ2n) is 6.52. The lowest BCUT2D eigenvalue weighted by atomic mass is 10.0. The summed E-state index contributed by atoms with van der Waals surface area (Å²) in [5, 5.41) is 0. The van der Waals surface area contributed by atoms with Gasteiger partial charge in [-0.3, -0.25) is 0 Å². The van der Waals surface area contributed by atoms with E-state index in [0.29, 0.717) is 12.2 Å². The van der Waals surface area contributed by atoms with Crippen LogP contribution in [-0.4, -0.2) is 25.4 Å². The van der Waals surface area contributed by atoms with Crippen LogP contribution in [-0.2, 0) is 22.3 Å². The Balaban J connectivity index is 1.65. The minimum atomic E-state index is 0.357. The van der Waals surface area contributed by atoms with Crippen molar-refractivity contribution in [2.45, 2.75) is 38.9 Å². The Morgan fingerprint density at radius 3 is 1.65 bits per heavy atom. The fraction of sp³-hybridized carbons (Fsp3) is 0.400. The van der Waals surface area contributed by atoms with E-state index in [2.05, 4.69) is 50.2 Å². The van der Waals surface area contributed by atoms with Crippen molar-refractivity contribution >= 4 is 0 Å². The number of rotatable bonds is 6. The molecule has 2 aromatic rings. The molecular weight excluding hydrogens is 288 g/mol. The van der Waals surface area contributed by atoms with Crippen molar-refractivity contribution in [3.8, 4) is 11.5 Å². The van der Waals surface area contributed by atoms with Gasteiger partial charge >= 0.3 is 0 Å². The summed E-state index contributed by atoms with van der Waals surface area (Å²) in [4.78, 5) is 0. The second-order valence-corrected chi connectivity index (χ2v) is 6.52. The predicted octanol–water partition coefficient (Wildman–Crippen LogP) is 3.98. The minimum Gasteiger partial charge on any atom is -0.457 e. The molecule has 0 aliphatic carbocycles. The molecule has 2 fully saturated rings. The fourth-order valence-corrected chi connectivity index (χ4v) is 3.01. The Morgan fingerprint density at radius 1 is 0.826 bits per heavy atom. The van der Waals surface area contributed by atoms with Gasteiger partial charge in [-0.05, 0) is 37.1 Å². The van der Waals surface area contributed by atoms with Crippen LogP contribution in [0, 0.1) is 13.8 Å². The standard InChI is InChI=1S/C20H22O3/c1-13-5-3-7-19(17(13)9-15-11-21-15)23-20-8-4-6-14(2)18(20)10-16-12-22-16/h3-8,15-16H,9-12H2,1-2H3. The summed E-state index contributed by atoms with van der Waals surface area (Å²) >= 11 is 0. The molecule has 3 heteroatoms. The quantitative estimate of drug-likeness (QED) is 0.757. The van der Waals surface area contributed by atoms with Crippen LogP contribution < -0.4 is 4.74 Å². The lowest BCUT2D eigenvalue weighted by molar-refractivity contribution is 0.398. The Labute approximate surface area is 137 Å². The first-order valence-electron chi connectivity index (χ1n) is 8.29. The first kappa shape index (κ1) is 14.7. The molecule has 0 radical (unpaired) electrons. The third-order valence-corrected chi connectivity index (χ3v) is 4.62. The Kier molecular flexibility index (Phi) is 3.83. The van der Waals surface area contributed by atoms with E-state index in [0.717, 1.165) is 37.6 Å². The summed E-state index contributed by atoms with van der Waals surface area (Å²) in [6, 6.07) is 12.5. The number of aryl methyl sites for hydroxylation is 2. The van der Waals surface area contributed by atoms with Gasteiger partial charge in [0.2, 0.25) is 0 Å². The lowest BCUT2D eigenvalue weighted by Crippen LogP contribution is -2.03. The largest absolute Gasteiger partial charge is 0.457 e. The molecule has 2 heterocycles. The SMILES string of the molecule is Cc1cccc(Oc2cccc(C)c2CC2CO2)c1CC1CO1. The smallest absolute Gasteiger partial charge is 0.130 e. The first-order chi connectivity index (χ1) is 11.2. The van der Waals surface area contributed by atoms with Crippen LogP contribution in [0.4, 0.5) is 0 Å². The van der Waals surface area contributed by atoms with E-state index < -0.39 is 0 Å². The van der Waals surface area contributed by atoms with Gasteiger partial charge in [0.25, 0.3) is 0 Å². The number of epoxide rings is 2. The summed E-state index contributed by atoms with van der Waals surface area (Å²) < 4.78 is 17.2. The van der Waals surface area contributed by atoms with Crippen molar-refractivity contribution < 1.29 is 14.2 Å². The number of ether oxygens (including phenoxy) is 3. The van der Waals surface area contributed by atoms with E-state index in [9.17, 15) is 0 Å². The Morgan fingerprint density at radius 2 is 1.26 bits per heavy atom. The van der Waals surface area contributed by atoms with E-state index in [-0.39, 0.29) is 0 Å². The molecule has 0 amide bonds. The summed E-state index contributed by atoms with van der Waals surface area (Å²) in [5.74, 6) is 1.90. The highest BCUT2D eigenvalue weighted by Gasteiger charge is 2.27. The summed E-state index contributed by atoms with van der Waals surface area (Å²) in [6.07, 6.45) is 2.56. The van der Waals surface area contributed by atoms with Crippen LogP contribution in [0.2, 0.25) is 0 Å². The van der Waals surface area contributed by atoms with Gasteiger partial charge in [0.05, 0.1) is 25.4 Å². The summed E-state index contributed by atoms with van der Waals surface area (Å²) in [7, 11) is 0. The van der Waals surface area contributed by atoms with Crippen molar-refractivity contribution in [2.24, 2.45) is 0 Å². The first-order valence-corrected chi connectivity index (χ1v) is 8.29. The molecule has 2 unspecified atom stereocenters. The molecule has 2 aliphatic rings. The zero-order chi connectivity index (χ0) is 15.8. The zero-order valence-corrected chi connectivity index (χ0v) is 13.7. The summed E-state index contributed by atoms with van der Waals surface area (Å²) in [5.41, 5.74) is 5.03. The van der Waals surface area contributed by atoms with Crippen LogP contribution in [0.5, 0.6) is 11.5 Å². The number of benzene rings is 2. The third-order valence-electron chi connectivity index (χ3n) is 4.62. The lowest BCUT2D eigenvalue weighted by Gasteiger charge is -2.16. The maximum absolute atomic E-state index is 6.35. The molecule has 2 atom stereocenters. The van der Waals surface area contributed by atoms with Gasteiger partial charge < -0.3 is 14.2 Å². The van der Waals surface area contributed by atoms with E-state index in [1.807, 2.05) is 0 Å². The molecular formula is C20H22O3. The third kappa shape index (κ3) is 3.41. The van der Waals surface area contributed by atoms with Crippen molar-refractivity contribution in [3.05, 3.63) is 58.7 Å². The zero-order valence-electron chi connectivity index (χ0n) is 13.7. The van der Waals surface area contributed by atoms with E-state index in [1.54, 1.807) is 0 Å². The molecule has 0 saturated carbocycles. The fourth-order valence-electron chi connectivity index (χ4n) is 3.01. The molecule has 2 aliphatic heterocycles. The van der Waals surface area contributed by atoms with Crippen LogP contribution in [0.3, 0.4) is 0 Å². The molecule has 23 heavy (non-hydrogen) atoms. The van der Waals surface area contributed by atoms with Crippen molar-refractivity contribution in [1.82, 2.24) is 0 Å². The molecule has 0 bridgehead atoms. The van der Waals surface area contributed by atoms with Crippen LogP contribution in [0.25, 0.3) is 0 Å². The predicted molar refractivity (Wildman–Crippen MR) is 89.3 cm³/mol. The van der Waals surface area contributed by atoms with Crippen molar-refractivity contribution in [3.63, 3.8) is 0 Å². The molecule has 0 N–H and O–H groups in total. The number of hydrogen-bond acceptors (Lipinski definition) is 3. The molecule has 120 valence electrons. The van der Waals surface area contributed by atoms with E-state index >= 15 is 0 Å². The van der Waals surface area contributed by atoms with Crippen LogP contribution >= 0.6 is 0 Å². The summed E-state index contributed by atoms with van der Waals surface area (Å²) in [6.45, 7) is 6.00. The average Bonchev–Trinajstić information content (AvgIpc) is 3.42. The van der Waals surface area contributed by atoms with Gasteiger partial charge in [-0.2, -0.15) is 0 Å². The van der Waals surface area contributed by atoms with E-state index in [4.69, 9.17) is 14.2 Å². The molecule has 4 rings (SSSR count).